The standard InChI is InChI=1S/C11H16N2OS/c1-8(10-3-2-6-15-10)13-11(14)9-4-5-12-7-9/h2-3,6,8-9,12H,4-5,7H2,1H3,(H,13,14)/t8-,9+/m0/s1. The Morgan fingerprint density at radius 1 is 1.73 bits per heavy atom. The summed E-state index contributed by atoms with van der Waals surface area (Å²) in [6.45, 7) is 3.82. The van der Waals surface area contributed by atoms with E-state index in [1.807, 2.05) is 18.4 Å². The molecule has 4 heteroatoms. The van der Waals surface area contributed by atoms with Crippen LogP contribution < -0.4 is 10.6 Å². The van der Waals surface area contributed by atoms with Crippen molar-refractivity contribution >= 4 is 17.2 Å². The molecule has 0 spiro atoms. The van der Waals surface area contributed by atoms with Gasteiger partial charge in [0.2, 0.25) is 5.91 Å². The fourth-order valence-corrected chi connectivity index (χ4v) is 2.55. The predicted molar refractivity (Wildman–Crippen MR) is 61.9 cm³/mol. The van der Waals surface area contributed by atoms with Crippen molar-refractivity contribution in [3.63, 3.8) is 0 Å². The topological polar surface area (TPSA) is 41.1 Å². The third kappa shape index (κ3) is 2.58. The first kappa shape index (κ1) is 10.6. The molecule has 1 fully saturated rings. The van der Waals surface area contributed by atoms with Gasteiger partial charge < -0.3 is 10.6 Å². The van der Waals surface area contributed by atoms with Crippen LogP contribution in [0.2, 0.25) is 0 Å². The van der Waals surface area contributed by atoms with Gasteiger partial charge in [-0.3, -0.25) is 4.79 Å². The zero-order valence-corrected chi connectivity index (χ0v) is 9.64. The molecule has 0 aliphatic carbocycles. The average molecular weight is 224 g/mol. The Labute approximate surface area is 93.9 Å². The van der Waals surface area contributed by atoms with Crippen LogP contribution in [0.5, 0.6) is 0 Å². The second-order valence-corrected chi connectivity index (χ2v) is 4.91. The molecule has 0 radical (unpaired) electrons. The molecule has 3 nitrogen and oxygen atoms in total. The first-order valence-electron chi connectivity index (χ1n) is 5.32. The molecule has 82 valence electrons. The number of carbonyl (C=O) groups is 1. The number of hydrogen-bond acceptors (Lipinski definition) is 3. The molecule has 0 unspecified atom stereocenters. The normalized spacial score (nSPS) is 22.6. The van der Waals surface area contributed by atoms with Crippen molar-refractivity contribution in [2.45, 2.75) is 19.4 Å². The van der Waals surface area contributed by atoms with E-state index < -0.39 is 0 Å². The van der Waals surface area contributed by atoms with Crippen molar-refractivity contribution in [1.82, 2.24) is 10.6 Å². The van der Waals surface area contributed by atoms with Crippen molar-refractivity contribution < 1.29 is 4.79 Å². The van der Waals surface area contributed by atoms with Crippen LogP contribution in [-0.4, -0.2) is 19.0 Å². The molecule has 2 heterocycles. The van der Waals surface area contributed by atoms with Crippen LogP contribution >= 0.6 is 11.3 Å². The minimum absolute atomic E-state index is 0.137. The Morgan fingerprint density at radius 3 is 3.20 bits per heavy atom. The first-order valence-corrected chi connectivity index (χ1v) is 6.20. The van der Waals surface area contributed by atoms with Gasteiger partial charge in [0.25, 0.3) is 0 Å². The zero-order valence-electron chi connectivity index (χ0n) is 8.82. The van der Waals surface area contributed by atoms with E-state index in [0.717, 1.165) is 19.5 Å². The van der Waals surface area contributed by atoms with Crippen LogP contribution in [0.25, 0.3) is 0 Å². The molecular weight excluding hydrogens is 208 g/mol. The van der Waals surface area contributed by atoms with Crippen LogP contribution in [0, 0.1) is 5.92 Å². The van der Waals surface area contributed by atoms with Gasteiger partial charge >= 0.3 is 0 Å². The van der Waals surface area contributed by atoms with Crippen LogP contribution in [0.3, 0.4) is 0 Å². The highest BCUT2D eigenvalue weighted by atomic mass is 32.1. The van der Waals surface area contributed by atoms with Gasteiger partial charge in [0.15, 0.2) is 0 Å². The van der Waals surface area contributed by atoms with Crippen LogP contribution in [0.4, 0.5) is 0 Å². The summed E-state index contributed by atoms with van der Waals surface area (Å²) in [5, 5.41) is 8.30. The molecule has 1 aromatic heterocycles. The highest BCUT2D eigenvalue weighted by Crippen LogP contribution is 2.19. The van der Waals surface area contributed by atoms with E-state index in [0.29, 0.717) is 0 Å². The largest absolute Gasteiger partial charge is 0.348 e. The van der Waals surface area contributed by atoms with Gasteiger partial charge in [0, 0.05) is 11.4 Å². The fraction of sp³-hybridized carbons (Fsp3) is 0.545. The molecule has 1 aliphatic heterocycles. The van der Waals surface area contributed by atoms with Crippen molar-refractivity contribution in [3.8, 4) is 0 Å². The van der Waals surface area contributed by atoms with Gasteiger partial charge in [0.1, 0.15) is 0 Å². The molecular formula is C11H16N2OS. The highest BCUT2D eigenvalue weighted by molar-refractivity contribution is 7.10. The van der Waals surface area contributed by atoms with Crippen molar-refractivity contribution in [1.29, 1.82) is 0 Å². The average Bonchev–Trinajstić information content (AvgIpc) is 2.91. The van der Waals surface area contributed by atoms with Crippen LogP contribution in [0.15, 0.2) is 17.5 Å². The maximum atomic E-state index is 11.8. The van der Waals surface area contributed by atoms with E-state index in [4.69, 9.17) is 0 Å². The van der Waals surface area contributed by atoms with Gasteiger partial charge in [-0.25, -0.2) is 0 Å². The lowest BCUT2D eigenvalue weighted by atomic mass is 10.1. The van der Waals surface area contributed by atoms with Gasteiger partial charge in [-0.1, -0.05) is 6.07 Å². The van der Waals surface area contributed by atoms with E-state index in [1.165, 1.54) is 4.88 Å². The predicted octanol–water partition coefficient (Wildman–Crippen LogP) is 1.53. The molecule has 1 aromatic rings. The van der Waals surface area contributed by atoms with E-state index in [2.05, 4.69) is 16.7 Å². The number of rotatable bonds is 3. The lowest BCUT2D eigenvalue weighted by Gasteiger charge is -2.15. The lowest BCUT2D eigenvalue weighted by molar-refractivity contribution is -0.125. The van der Waals surface area contributed by atoms with E-state index in [9.17, 15) is 4.79 Å². The summed E-state index contributed by atoms with van der Waals surface area (Å²) in [6.07, 6.45) is 0.961. The summed E-state index contributed by atoms with van der Waals surface area (Å²) in [5.74, 6) is 0.341. The maximum absolute atomic E-state index is 11.8. The first-order chi connectivity index (χ1) is 7.27. The van der Waals surface area contributed by atoms with E-state index in [-0.39, 0.29) is 17.9 Å². The Balaban J connectivity index is 1.88. The SMILES string of the molecule is C[C@H](NC(=O)[C@@H]1CCNC1)c1cccs1. The third-order valence-corrected chi connectivity index (χ3v) is 3.81. The zero-order chi connectivity index (χ0) is 10.7. The molecule has 0 aromatic carbocycles. The summed E-state index contributed by atoms with van der Waals surface area (Å²) in [6, 6.07) is 4.21. The second kappa shape index (κ2) is 4.77. The summed E-state index contributed by atoms with van der Waals surface area (Å²) < 4.78 is 0. The van der Waals surface area contributed by atoms with Gasteiger partial charge in [-0.05, 0) is 31.3 Å². The van der Waals surface area contributed by atoms with Crippen LogP contribution in [-0.2, 0) is 4.79 Å². The summed E-state index contributed by atoms with van der Waals surface area (Å²) in [7, 11) is 0. The van der Waals surface area contributed by atoms with Crippen molar-refractivity contribution in [2.75, 3.05) is 13.1 Å². The summed E-state index contributed by atoms with van der Waals surface area (Å²) in [4.78, 5) is 13.0. The van der Waals surface area contributed by atoms with E-state index in [1.54, 1.807) is 11.3 Å². The monoisotopic (exact) mass is 224 g/mol. The Bertz CT molecular complexity index is 317. The molecule has 1 aliphatic rings. The molecule has 15 heavy (non-hydrogen) atoms. The second-order valence-electron chi connectivity index (χ2n) is 3.94. The lowest BCUT2D eigenvalue weighted by Crippen LogP contribution is -2.33. The highest BCUT2D eigenvalue weighted by Gasteiger charge is 2.23. The minimum Gasteiger partial charge on any atom is -0.348 e. The molecule has 2 N–H and O–H groups in total. The van der Waals surface area contributed by atoms with Gasteiger partial charge in [0.05, 0.1) is 12.0 Å². The number of carbonyl (C=O) groups excluding carboxylic acids is 1. The van der Waals surface area contributed by atoms with Crippen molar-refractivity contribution in [3.05, 3.63) is 22.4 Å². The number of hydrogen-bond donors (Lipinski definition) is 2. The summed E-state index contributed by atoms with van der Waals surface area (Å²) >= 11 is 1.69. The fourth-order valence-electron chi connectivity index (χ4n) is 1.82. The van der Waals surface area contributed by atoms with Crippen molar-refractivity contribution in [2.24, 2.45) is 5.92 Å². The third-order valence-electron chi connectivity index (χ3n) is 2.76. The van der Waals surface area contributed by atoms with E-state index >= 15 is 0 Å². The molecule has 1 amide bonds. The molecule has 0 bridgehead atoms. The molecule has 1 saturated heterocycles. The Hall–Kier alpha value is -0.870. The maximum Gasteiger partial charge on any atom is 0.224 e. The summed E-state index contributed by atoms with van der Waals surface area (Å²) in [5.41, 5.74) is 0. The number of thiophene rings is 1. The Morgan fingerprint density at radius 2 is 2.60 bits per heavy atom. The molecule has 2 atom stereocenters. The molecule has 0 saturated carbocycles. The van der Waals surface area contributed by atoms with Gasteiger partial charge in [-0.2, -0.15) is 0 Å². The minimum atomic E-state index is 0.137. The van der Waals surface area contributed by atoms with Gasteiger partial charge in [-0.15, -0.1) is 11.3 Å². The van der Waals surface area contributed by atoms with Crippen LogP contribution in [0.1, 0.15) is 24.3 Å². The number of nitrogens with one attached hydrogen (secondary N) is 2. The Kier molecular flexibility index (Phi) is 3.38. The number of amides is 1. The quantitative estimate of drug-likeness (QED) is 0.817. The molecule has 2 rings (SSSR count). The smallest absolute Gasteiger partial charge is 0.224 e.